The zero-order chi connectivity index (χ0) is 25.3. The maximum Gasteiger partial charge on any atom is 0.338 e. The van der Waals surface area contributed by atoms with Gasteiger partial charge in [-0.05, 0) is 43.7 Å². The van der Waals surface area contributed by atoms with E-state index in [-0.39, 0.29) is 39.5 Å². The number of hydrogen-bond donors (Lipinski definition) is 1. The van der Waals surface area contributed by atoms with Gasteiger partial charge in [0, 0.05) is 11.8 Å². The topological polar surface area (TPSA) is 133 Å². The van der Waals surface area contributed by atoms with Crippen LogP contribution in [0, 0.1) is 10.1 Å². The second kappa shape index (κ2) is 9.55. The molecule has 1 aliphatic rings. The van der Waals surface area contributed by atoms with Crippen molar-refractivity contribution in [2.45, 2.75) is 19.9 Å². The van der Waals surface area contributed by atoms with Crippen LogP contribution in [0.4, 0.5) is 5.69 Å². The first-order chi connectivity index (χ1) is 16.8. The number of methoxy groups -OCH3 is 1. The Hall–Kier alpha value is -4.25. The number of nitro groups is 1. The van der Waals surface area contributed by atoms with Crippen molar-refractivity contribution in [2.24, 2.45) is 4.99 Å². The zero-order valence-electron chi connectivity index (χ0n) is 19.0. The maximum absolute atomic E-state index is 13.3. The number of para-hydroxylation sites is 1. The molecule has 0 bridgehead atoms. The molecule has 35 heavy (non-hydrogen) atoms. The summed E-state index contributed by atoms with van der Waals surface area (Å²) in [4.78, 5) is 42.1. The lowest BCUT2D eigenvalue weighted by Crippen LogP contribution is -2.35. The Morgan fingerprint density at radius 2 is 2.06 bits per heavy atom. The first kappa shape index (κ1) is 23.9. The third-order valence-electron chi connectivity index (χ3n) is 5.48. The molecule has 1 aromatic heterocycles. The van der Waals surface area contributed by atoms with Crippen LogP contribution in [0.25, 0.3) is 11.8 Å². The van der Waals surface area contributed by atoms with E-state index in [2.05, 4.69) is 4.99 Å². The number of carbonyl (C=O) groups is 1. The monoisotopic (exact) mass is 495 g/mol. The van der Waals surface area contributed by atoms with Crippen LogP contribution in [0.15, 0.2) is 57.8 Å². The van der Waals surface area contributed by atoms with Crippen LogP contribution in [0.2, 0.25) is 0 Å². The predicted octanol–water partition coefficient (Wildman–Crippen LogP) is 2.53. The van der Waals surface area contributed by atoms with Gasteiger partial charge in [0.1, 0.15) is 6.04 Å². The molecule has 1 atom stereocenters. The number of fused-ring (bicyclic) bond motifs is 1. The molecule has 11 heteroatoms. The molecule has 1 N–H and O–H groups in total. The van der Waals surface area contributed by atoms with Crippen molar-refractivity contribution in [1.82, 2.24) is 4.57 Å². The quantitative estimate of drug-likeness (QED) is 0.316. The SMILES string of the molecule is CCOC(=O)C1=C(C)n2c(s/c(=C/c3ccccc3[N+](=O)[O-])c2=O)=NC1c1ccc(O)c(OC)c1. The Morgan fingerprint density at radius 3 is 2.74 bits per heavy atom. The Bertz CT molecular complexity index is 1550. The summed E-state index contributed by atoms with van der Waals surface area (Å²) in [5, 5.41) is 21.4. The van der Waals surface area contributed by atoms with Gasteiger partial charge in [-0.3, -0.25) is 19.5 Å². The predicted molar refractivity (Wildman–Crippen MR) is 129 cm³/mol. The van der Waals surface area contributed by atoms with Gasteiger partial charge in [-0.1, -0.05) is 29.5 Å². The fourth-order valence-electron chi connectivity index (χ4n) is 3.84. The van der Waals surface area contributed by atoms with Gasteiger partial charge in [0.2, 0.25) is 0 Å². The first-order valence-electron chi connectivity index (χ1n) is 10.6. The van der Waals surface area contributed by atoms with Gasteiger partial charge in [0.25, 0.3) is 11.2 Å². The number of thiazole rings is 1. The highest BCUT2D eigenvalue weighted by atomic mass is 32.1. The van der Waals surface area contributed by atoms with Gasteiger partial charge in [-0.15, -0.1) is 0 Å². The third kappa shape index (κ3) is 4.33. The van der Waals surface area contributed by atoms with Gasteiger partial charge >= 0.3 is 5.97 Å². The van der Waals surface area contributed by atoms with E-state index in [4.69, 9.17) is 9.47 Å². The number of ether oxygens (including phenoxy) is 2. The molecule has 2 heterocycles. The van der Waals surface area contributed by atoms with Crippen LogP contribution >= 0.6 is 11.3 Å². The molecule has 0 radical (unpaired) electrons. The smallest absolute Gasteiger partial charge is 0.338 e. The molecular formula is C24H21N3O7S. The van der Waals surface area contributed by atoms with E-state index in [0.29, 0.717) is 16.1 Å². The fourth-order valence-corrected chi connectivity index (χ4v) is 4.87. The maximum atomic E-state index is 13.3. The summed E-state index contributed by atoms with van der Waals surface area (Å²) >= 11 is 1.06. The number of nitro benzene ring substituents is 1. The molecule has 0 aliphatic carbocycles. The van der Waals surface area contributed by atoms with Crippen LogP contribution < -0.4 is 19.6 Å². The number of nitrogens with zero attached hydrogens (tertiary/aromatic N) is 3. The fraction of sp³-hybridized carbons (Fsp3) is 0.208. The zero-order valence-corrected chi connectivity index (χ0v) is 19.9. The summed E-state index contributed by atoms with van der Waals surface area (Å²) in [6, 6.07) is 9.90. The summed E-state index contributed by atoms with van der Waals surface area (Å²) in [6.45, 7) is 3.43. The van der Waals surface area contributed by atoms with Crippen molar-refractivity contribution in [1.29, 1.82) is 0 Å². The number of phenols is 1. The van der Waals surface area contributed by atoms with Crippen molar-refractivity contribution in [3.63, 3.8) is 0 Å². The summed E-state index contributed by atoms with van der Waals surface area (Å²) in [7, 11) is 1.41. The van der Waals surface area contributed by atoms with Crippen LogP contribution in [-0.2, 0) is 9.53 Å². The minimum absolute atomic E-state index is 0.0696. The van der Waals surface area contributed by atoms with Crippen molar-refractivity contribution >= 4 is 34.8 Å². The Kier molecular flexibility index (Phi) is 6.52. The number of rotatable bonds is 6. The molecular weight excluding hydrogens is 474 g/mol. The van der Waals surface area contributed by atoms with Crippen LogP contribution in [0.5, 0.6) is 11.5 Å². The van der Waals surface area contributed by atoms with Gasteiger partial charge in [-0.25, -0.2) is 9.79 Å². The number of benzene rings is 2. The molecule has 180 valence electrons. The summed E-state index contributed by atoms with van der Waals surface area (Å²) in [5.41, 5.74) is 0.763. The van der Waals surface area contributed by atoms with Gasteiger partial charge in [0.05, 0.1) is 34.3 Å². The molecule has 0 saturated carbocycles. The summed E-state index contributed by atoms with van der Waals surface area (Å²) in [5.74, 6) is -0.489. The average molecular weight is 496 g/mol. The van der Waals surface area contributed by atoms with E-state index in [1.54, 1.807) is 44.2 Å². The molecule has 0 amide bonds. The molecule has 2 aromatic carbocycles. The van der Waals surface area contributed by atoms with Crippen molar-refractivity contribution in [3.8, 4) is 11.5 Å². The van der Waals surface area contributed by atoms with Gasteiger partial charge in [-0.2, -0.15) is 0 Å². The minimum atomic E-state index is -0.819. The second-order valence-electron chi connectivity index (χ2n) is 7.53. The first-order valence-corrected chi connectivity index (χ1v) is 11.4. The molecule has 0 spiro atoms. The van der Waals surface area contributed by atoms with Crippen LogP contribution in [0.3, 0.4) is 0 Å². The highest BCUT2D eigenvalue weighted by molar-refractivity contribution is 7.07. The summed E-state index contributed by atoms with van der Waals surface area (Å²) < 4.78 is 12.0. The number of hydrogen-bond acceptors (Lipinski definition) is 9. The Balaban J connectivity index is 1.98. The molecule has 0 fully saturated rings. The number of aromatic hydroxyl groups is 1. The van der Waals surface area contributed by atoms with Gasteiger partial charge in [0.15, 0.2) is 16.3 Å². The lowest BCUT2D eigenvalue weighted by atomic mass is 9.96. The van der Waals surface area contributed by atoms with E-state index in [1.807, 2.05) is 0 Å². The number of carbonyl (C=O) groups excluding carboxylic acids is 1. The molecule has 0 saturated heterocycles. The van der Waals surface area contributed by atoms with E-state index in [1.165, 1.54) is 29.9 Å². The second-order valence-corrected chi connectivity index (χ2v) is 8.54. The van der Waals surface area contributed by atoms with Crippen LogP contribution in [-0.4, -0.2) is 34.3 Å². The van der Waals surface area contributed by atoms with Crippen molar-refractivity contribution in [2.75, 3.05) is 13.7 Å². The Morgan fingerprint density at radius 1 is 1.31 bits per heavy atom. The largest absolute Gasteiger partial charge is 0.504 e. The number of esters is 1. The van der Waals surface area contributed by atoms with Gasteiger partial charge < -0.3 is 14.6 Å². The highest BCUT2D eigenvalue weighted by Crippen LogP contribution is 2.36. The number of aromatic nitrogens is 1. The minimum Gasteiger partial charge on any atom is -0.504 e. The molecule has 1 aliphatic heterocycles. The van der Waals surface area contributed by atoms with E-state index < -0.39 is 22.5 Å². The third-order valence-corrected chi connectivity index (χ3v) is 6.46. The molecule has 1 unspecified atom stereocenters. The number of phenolic OH excluding ortho intramolecular Hbond substituents is 1. The Labute approximate surface area is 202 Å². The van der Waals surface area contributed by atoms with E-state index in [9.17, 15) is 24.8 Å². The number of allylic oxidation sites excluding steroid dienone is 1. The average Bonchev–Trinajstić information content (AvgIpc) is 3.14. The summed E-state index contributed by atoms with van der Waals surface area (Å²) in [6.07, 6.45) is 1.45. The normalized spacial score (nSPS) is 15.4. The van der Waals surface area contributed by atoms with Crippen molar-refractivity contribution in [3.05, 3.63) is 89.0 Å². The molecule has 10 nitrogen and oxygen atoms in total. The lowest BCUT2D eigenvalue weighted by Gasteiger charge is -2.22. The van der Waals surface area contributed by atoms with Crippen LogP contribution in [0.1, 0.15) is 31.0 Å². The van der Waals surface area contributed by atoms with E-state index >= 15 is 0 Å². The standard InChI is InChI=1S/C24H21N3O7S/c1-4-34-23(30)20-13(2)26-22(29)19(12-14-7-5-6-8-16(14)27(31)32)35-24(26)25-21(20)15-9-10-17(28)18(11-15)33-3/h5-12,21,28H,4H2,1-3H3/b19-12+. The lowest BCUT2D eigenvalue weighted by molar-refractivity contribution is -0.385. The molecule has 4 rings (SSSR count). The van der Waals surface area contributed by atoms with Crippen molar-refractivity contribution < 1.29 is 24.3 Å². The highest BCUT2D eigenvalue weighted by Gasteiger charge is 2.32. The van der Waals surface area contributed by atoms with E-state index in [0.717, 1.165) is 11.3 Å². The molecule has 3 aromatic rings.